The van der Waals surface area contributed by atoms with Crippen LogP contribution in [-0.2, 0) is 4.74 Å². The zero-order chi connectivity index (χ0) is 15.5. The van der Waals surface area contributed by atoms with Gasteiger partial charge in [-0.05, 0) is 53.9 Å². The van der Waals surface area contributed by atoms with E-state index in [0.29, 0.717) is 23.4 Å². The number of carboxylic acids is 1. The highest BCUT2D eigenvalue weighted by Crippen LogP contribution is 2.25. The lowest BCUT2D eigenvalue weighted by molar-refractivity contribution is 0.0499. The molecule has 0 spiro atoms. The van der Waals surface area contributed by atoms with Crippen LogP contribution in [-0.4, -0.2) is 35.9 Å². The van der Waals surface area contributed by atoms with Gasteiger partial charge in [0, 0.05) is 23.2 Å². The number of carbonyl (C=O) groups is 2. The van der Waals surface area contributed by atoms with E-state index in [1.807, 2.05) is 6.92 Å². The van der Waals surface area contributed by atoms with Crippen molar-refractivity contribution in [3.63, 3.8) is 0 Å². The first-order chi connectivity index (χ1) is 9.89. The van der Waals surface area contributed by atoms with Crippen LogP contribution in [0.4, 0.5) is 10.5 Å². The first-order valence-electron chi connectivity index (χ1n) is 6.59. The van der Waals surface area contributed by atoms with Gasteiger partial charge in [0.25, 0.3) is 0 Å². The molecule has 0 atom stereocenters. The number of aromatic carboxylic acids is 1. The van der Waals surface area contributed by atoms with Gasteiger partial charge in [0.2, 0.25) is 0 Å². The van der Waals surface area contributed by atoms with Crippen LogP contribution in [0.3, 0.4) is 0 Å². The van der Waals surface area contributed by atoms with Crippen LogP contribution in [0.1, 0.15) is 30.1 Å². The van der Waals surface area contributed by atoms with Crippen molar-refractivity contribution < 1.29 is 19.4 Å². The number of hydrogen-bond donors (Lipinski definition) is 3. The molecule has 0 aromatic heterocycles. The fraction of sp³-hybridized carbons (Fsp3) is 0.429. The van der Waals surface area contributed by atoms with Crippen molar-refractivity contribution in [1.82, 2.24) is 5.32 Å². The van der Waals surface area contributed by atoms with Crippen molar-refractivity contribution in [2.24, 2.45) is 0 Å². The van der Waals surface area contributed by atoms with E-state index in [9.17, 15) is 9.59 Å². The molecule has 1 aromatic carbocycles. The van der Waals surface area contributed by atoms with Gasteiger partial charge in [-0.1, -0.05) is 0 Å². The van der Waals surface area contributed by atoms with Crippen molar-refractivity contribution in [1.29, 1.82) is 0 Å². The zero-order valence-electron chi connectivity index (χ0n) is 11.6. The molecule has 1 aromatic rings. The molecule has 1 saturated heterocycles. The molecule has 114 valence electrons. The highest BCUT2D eigenvalue weighted by Gasteiger charge is 2.29. The number of carboxylic acid groups (broad SMARTS) is 1. The Morgan fingerprint density at radius 1 is 1.33 bits per heavy atom. The third kappa shape index (κ3) is 4.18. The Kier molecular flexibility index (Phi) is 4.84. The van der Waals surface area contributed by atoms with E-state index in [4.69, 9.17) is 9.84 Å². The minimum Gasteiger partial charge on any atom is -0.478 e. The summed E-state index contributed by atoms with van der Waals surface area (Å²) in [4.78, 5) is 23.0. The monoisotopic (exact) mass is 356 g/mol. The minimum atomic E-state index is -1.04. The van der Waals surface area contributed by atoms with Crippen LogP contribution in [0.25, 0.3) is 0 Å². The van der Waals surface area contributed by atoms with Crippen molar-refractivity contribution in [2.45, 2.75) is 25.3 Å². The number of anilines is 1. The van der Waals surface area contributed by atoms with Crippen LogP contribution in [0.2, 0.25) is 0 Å². The quantitative estimate of drug-likeness (QED) is 0.776. The maximum Gasteiger partial charge on any atom is 0.335 e. The normalized spacial score (nSPS) is 17.0. The third-order valence-corrected chi connectivity index (χ3v) is 4.16. The van der Waals surface area contributed by atoms with E-state index in [2.05, 4.69) is 26.6 Å². The second-order valence-electron chi connectivity index (χ2n) is 5.25. The average Bonchev–Trinajstić information content (AvgIpc) is 2.41. The Hall–Kier alpha value is -1.60. The lowest BCUT2D eigenvalue weighted by Crippen LogP contribution is -2.51. The Labute approximate surface area is 131 Å². The summed E-state index contributed by atoms with van der Waals surface area (Å²) in [5.74, 6) is -1.04. The highest BCUT2D eigenvalue weighted by atomic mass is 79.9. The summed E-state index contributed by atoms with van der Waals surface area (Å²) in [7, 11) is 0. The Morgan fingerprint density at radius 2 is 2.00 bits per heavy atom. The second kappa shape index (κ2) is 6.44. The zero-order valence-corrected chi connectivity index (χ0v) is 13.2. The van der Waals surface area contributed by atoms with Gasteiger partial charge < -0.3 is 20.5 Å². The molecule has 6 nitrogen and oxygen atoms in total. The topological polar surface area (TPSA) is 87.7 Å². The lowest BCUT2D eigenvalue weighted by Gasteiger charge is -2.34. The molecule has 21 heavy (non-hydrogen) atoms. The first-order valence-corrected chi connectivity index (χ1v) is 7.39. The summed E-state index contributed by atoms with van der Waals surface area (Å²) >= 11 is 3.29. The van der Waals surface area contributed by atoms with Crippen molar-refractivity contribution in [2.75, 3.05) is 18.5 Å². The number of ether oxygens (including phenoxy) is 1. The van der Waals surface area contributed by atoms with E-state index in [-0.39, 0.29) is 17.1 Å². The van der Waals surface area contributed by atoms with Crippen molar-refractivity contribution in [3.8, 4) is 0 Å². The van der Waals surface area contributed by atoms with Gasteiger partial charge in [0.15, 0.2) is 0 Å². The van der Waals surface area contributed by atoms with E-state index in [1.54, 1.807) is 6.07 Å². The average molecular weight is 357 g/mol. The molecular weight excluding hydrogens is 340 g/mol. The fourth-order valence-electron chi connectivity index (χ4n) is 2.13. The Balaban J connectivity index is 2.05. The summed E-state index contributed by atoms with van der Waals surface area (Å²) < 4.78 is 5.91. The molecule has 0 bridgehead atoms. The number of hydrogen-bond acceptors (Lipinski definition) is 3. The molecule has 0 unspecified atom stereocenters. The standard InChI is InChI=1S/C14H17BrN2O4/c1-14(4-6-21-7-5-14)17-13(20)16-11-8-9(12(18)19)2-3-10(11)15/h2-3,8H,4-7H2,1H3,(H,18,19)(H2,16,17,20). The molecular formula is C14H17BrN2O4. The maximum atomic E-state index is 12.1. The molecule has 1 heterocycles. The molecule has 1 fully saturated rings. The number of halogens is 1. The van der Waals surface area contributed by atoms with E-state index >= 15 is 0 Å². The number of amides is 2. The van der Waals surface area contributed by atoms with Crippen LogP contribution < -0.4 is 10.6 Å². The van der Waals surface area contributed by atoms with Gasteiger partial charge >= 0.3 is 12.0 Å². The van der Waals surface area contributed by atoms with Gasteiger partial charge in [-0.15, -0.1) is 0 Å². The number of nitrogens with one attached hydrogen (secondary N) is 2. The fourth-order valence-corrected chi connectivity index (χ4v) is 2.47. The highest BCUT2D eigenvalue weighted by molar-refractivity contribution is 9.10. The molecule has 2 amide bonds. The van der Waals surface area contributed by atoms with Gasteiger partial charge in [-0.2, -0.15) is 0 Å². The third-order valence-electron chi connectivity index (χ3n) is 3.47. The summed E-state index contributed by atoms with van der Waals surface area (Å²) in [6.07, 6.45) is 1.49. The molecule has 1 aliphatic heterocycles. The predicted octanol–water partition coefficient (Wildman–Crippen LogP) is 2.84. The second-order valence-corrected chi connectivity index (χ2v) is 6.11. The van der Waals surface area contributed by atoms with Crippen molar-refractivity contribution >= 4 is 33.6 Å². The minimum absolute atomic E-state index is 0.116. The van der Waals surface area contributed by atoms with Crippen LogP contribution in [0.15, 0.2) is 22.7 Å². The van der Waals surface area contributed by atoms with E-state index < -0.39 is 5.97 Å². The van der Waals surface area contributed by atoms with Gasteiger partial charge in [-0.25, -0.2) is 9.59 Å². The first kappa shape index (κ1) is 15.8. The Bertz CT molecular complexity index is 556. The molecule has 2 rings (SSSR count). The predicted molar refractivity (Wildman–Crippen MR) is 81.7 cm³/mol. The molecule has 3 N–H and O–H groups in total. The largest absolute Gasteiger partial charge is 0.478 e. The van der Waals surface area contributed by atoms with Crippen LogP contribution >= 0.6 is 15.9 Å². The lowest BCUT2D eigenvalue weighted by atomic mass is 9.93. The van der Waals surface area contributed by atoms with Gasteiger partial charge in [-0.3, -0.25) is 0 Å². The van der Waals surface area contributed by atoms with E-state index in [0.717, 1.165) is 12.8 Å². The smallest absolute Gasteiger partial charge is 0.335 e. The van der Waals surface area contributed by atoms with Crippen LogP contribution in [0, 0.1) is 0 Å². The van der Waals surface area contributed by atoms with E-state index in [1.165, 1.54) is 12.1 Å². The Morgan fingerprint density at radius 3 is 2.62 bits per heavy atom. The number of rotatable bonds is 3. The molecule has 7 heteroatoms. The van der Waals surface area contributed by atoms with Gasteiger partial charge in [0.05, 0.1) is 11.3 Å². The summed E-state index contributed by atoms with van der Waals surface area (Å²) in [5, 5.41) is 14.6. The number of carbonyl (C=O) groups excluding carboxylic acids is 1. The van der Waals surface area contributed by atoms with Crippen molar-refractivity contribution in [3.05, 3.63) is 28.2 Å². The van der Waals surface area contributed by atoms with Crippen LogP contribution in [0.5, 0.6) is 0 Å². The number of urea groups is 1. The molecule has 0 saturated carbocycles. The summed E-state index contributed by atoms with van der Waals surface area (Å²) in [5.41, 5.74) is 0.230. The molecule has 1 aliphatic rings. The summed E-state index contributed by atoms with van der Waals surface area (Å²) in [6, 6.07) is 4.12. The molecule has 0 aliphatic carbocycles. The number of benzene rings is 1. The maximum absolute atomic E-state index is 12.1. The molecule has 0 radical (unpaired) electrons. The SMILES string of the molecule is CC1(NC(=O)Nc2cc(C(=O)O)ccc2Br)CCOCC1. The van der Waals surface area contributed by atoms with Gasteiger partial charge in [0.1, 0.15) is 0 Å². The summed E-state index contributed by atoms with van der Waals surface area (Å²) in [6.45, 7) is 3.21.